The van der Waals surface area contributed by atoms with Crippen molar-refractivity contribution in [3.63, 3.8) is 0 Å². The third-order valence-electron chi connectivity index (χ3n) is 6.82. The molecule has 1 aliphatic carbocycles. The SMILES string of the molecule is Cc1cc(-c2nccc3c2ccc2ccccc23)cc2c1-c1ccccc1C2(C)C. The minimum Gasteiger partial charge on any atom is -0.256 e. The number of pyridine rings is 1. The Morgan fingerprint density at radius 2 is 1.50 bits per heavy atom. The third kappa shape index (κ3) is 2.26. The lowest BCUT2D eigenvalue weighted by atomic mass is 9.81. The van der Waals surface area contributed by atoms with Gasteiger partial charge >= 0.3 is 0 Å². The lowest BCUT2D eigenvalue weighted by Gasteiger charge is -2.22. The molecule has 0 amide bonds. The van der Waals surface area contributed by atoms with Crippen molar-refractivity contribution in [2.45, 2.75) is 26.2 Å². The fourth-order valence-corrected chi connectivity index (χ4v) is 5.33. The van der Waals surface area contributed by atoms with Crippen LogP contribution in [-0.4, -0.2) is 4.98 Å². The number of rotatable bonds is 1. The third-order valence-corrected chi connectivity index (χ3v) is 6.82. The minimum absolute atomic E-state index is 0.00994. The normalized spacial score (nSPS) is 14.1. The average Bonchev–Trinajstić information content (AvgIpc) is 3.01. The van der Waals surface area contributed by atoms with Gasteiger partial charge in [0.05, 0.1) is 5.69 Å². The monoisotopic (exact) mass is 385 g/mol. The van der Waals surface area contributed by atoms with E-state index in [1.165, 1.54) is 54.9 Å². The van der Waals surface area contributed by atoms with E-state index in [2.05, 4.69) is 99.6 Å². The molecule has 0 atom stereocenters. The van der Waals surface area contributed by atoms with Gasteiger partial charge in [0.1, 0.15) is 0 Å². The van der Waals surface area contributed by atoms with E-state index in [4.69, 9.17) is 4.98 Å². The maximum atomic E-state index is 4.85. The first kappa shape index (κ1) is 17.4. The van der Waals surface area contributed by atoms with E-state index in [1.54, 1.807) is 0 Å². The van der Waals surface area contributed by atoms with E-state index >= 15 is 0 Å². The number of nitrogens with zero attached hydrogens (tertiary/aromatic N) is 1. The van der Waals surface area contributed by atoms with Crippen LogP contribution in [0, 0.1) is 6.92 Å². The maximum absolute atomic E-state index is 4.85. The molecule has 0 saturated heterocycles. The van der Waals surface area contributed by atoms with Gasteiger partial charge in [0.25, 0.3) is 0 Å². The number of hydrogen-bond acceptors (Lipinski definition) is 1. The van der Waals surface area contributed by atoms with Crippen LogP contribution in [0.1, 0.15) is 30.5 Å². The summed E-state index contributed by atoms with van der Waals surface area (Å²) in [7, 11) is 0. The fraction of sp³-hybridized carbons (Fsp3) is 0.138. The molecule has 1 nitrogen and oxygen atoms in total. The topological polar surface area (TPSA) is 12.9 Å². The Kier molecular flexibility index (Phi) is 3.50. The van der Waals surface area contributed by atoms with Crippen molar-refractivity contribution >= 4 is 21.5 Å². The van der Waals surface area contributed by atoms with Crippen LogP contribution in [0.3, 0.4) is 0 Å². The van der Waals surface area contributed by atoms with Crippen molar-refractivity contribution in [3.8, 4) is 22.4 Å². The fourth-order valence-electron chi connectivity index (χ4n) is 5.33. The van der Waals surface area contributed by atoms with Crippen molar-refractivity contribution in [1.82, 2.24) is 4.98 Å². The quantitative estimate of drug-likeness (QED) is 0.270. The summed E-state index contributed by atoms with van der Waals surface area (Å²) in [5, 5.41) is 5.02. The number of aromatic nitrogens is 1. The molecule has 4 aromatic carbocycles. The summed E-state index contributed by atoms with van der Waals surface area (Å²) in [5.41, 5.74) is 9.16. The summed E-state index contributed by atoms with van der Waals surface area (Å²) in [6.45, 7) is 6.91. The number of benzene rings is 4. The molecular weight excluding hydrogens is 362 g/mol. The van der Waals surface area contributed by atoms with E-state index in [1.807, 2.05) is 6.20 Å². The van der Waals surface area contributed by atoms with Gasteiger partial charge in [0, 0.05) is 22.6 Å². The lowest BCUT2D eigenvalue weighted by Crippen LogP contribution is -2.15. The molecule has 144 valence electrons. The molecule has 5 aromatic rings. The molecule has 0 radical (unpaired) electrons. The van der Waals surface area contributed by atoms with Gasteiger partial charge in [-0.15, -0.1) is 0 Å². The second kappa shape index (κ2) is 6.03. The van der Waals surface area contributed by atoms with Gasteiger partial charge in [-0.2, -0.15) is 0 Å². The van der Waals surface area contributed by atoms with Crippen molar-refractivity contribution in [2.24, 2.45) is 0 Å². The first-order valence-corrected chi connectivity index (χ1v) is 10.6. The van der Waals surface area contributed by atoms with E-state index in [9.17, 15) is 0 Å². The highest BCUT2D eigenvalue weighted by atomic mass is 14.7. The number of hydrogen-bond donors (Lipinski definition) is 0. The van der Waals surface area contributed by atoms with Gasteiger partial charge in [-0.1, -0.05) is 74.5 Å². The van der Waals surface area contributed by atoms with Crippen molar-refractivity contribution in [2.75, 3.05) is 0 Å². The molecule has 0 spiro atoms. The van der Waals surface area contributed by atoms with E-state index in [0.717, 1.165) is 5.69 Å². The molecule has 0 aliphatic heterocycles. The van der Waals surface area contributed by atoms with Crippen LogP contribution < -0.4 is 0 Å². The van der Waals surface area contributed by atoms with E-state index in [0.29, 0.717) is 0 Å². The van der Waals surface area contributed by atoms with Gasteiger partial charge in [-0.3, -0.25) is 4.98 Å². The van der Waals surface area contributed by atoms with Crippen molar-refractivity contribution in [3.05, 3.63) is 102 Å². The van der Waals surface area contributed by atoms with Crippen LogP contribution in [0.25, 0.3) is 43.9 Å². The Morgan fingerprint density at radius 1 is 0.700 bits per heavy atom. The predicted octanol–water partition coefficient (Wildman–Crippen LogP) is 7.67. The second-order valence-electron chi connectivity index (χ2n) is 8.93. The first-order valence-electron chi connectivity index (χ1n) is 10.6. The standard InChI is InChI=1S/C29H23N/c1-18-16-20(17-26-27(18)24-10-6-7-11-25(24)29(26,2)3)28-23-13-12-19-8-4-5-9-21(19)22(23)14-15-30-28/h4-17H,1-3H3. The summed E-state index contributed by atoms with van der Waals surface area (Å²) >= 11 is 0. The molecular formula is C29H23N. The zero-order valence-electron chi connectivity index (χ0n) is 17.5. The summed E-state index contributed by atoms with van der Waals surface area (Å²) in [4.78, 5) is 4.85. The average molecular weight is 386 g/mol. The predicted molar refractivity (Wildman–Crippen MR) is 127 cm³/mol. The molecule has 6 rings (SSSR count). The van der Waals surface area contributed by atoms with Gasteiger partial charge in [0.15, 0.2) is 0 Å². The minimum atomic E-state index is -0.00994. The van der Waals surface area contributed by atoms with Crippen LogP contribution in [0.15, 0.2) is 85.1 Å². The van der Waals surface area contributed by atoms with Crippen LogP contribution in [0.4, 0.5) is 0 Å². The van der Waals surface area contributed by atoms with Gasteiger partial charge in [-0.25, -0.2) is 0 Å². The lowest BCUT2D eigenvalue weighted by molar-refractivity contribution is 0.660. The van der Waals surface area contributed by atoms with E-state index < -0.39 is 0 Å². The molecule has 0 fully saturated rings. The van der Waals surface area contributed by atoms with Crippen molar-refractivity contribution in [1.29, 1.82) is 0 Å². The summed E-state index contributed by atoms with van der Waals surface area (Å²) in [6.07, 6.45) is 1.95. The molecule has 1 aliphatic rings. The van der Waals surface area contributed by atoms with E-state index in [-0.39, 0.29) is 5.41 Å². The van der Waals surface area contributed by atoms with Gasteiger partial charge < -0.3 is 0 Å². The largest absolute Gasteiger partial charge is 0.256 e. The Balaban J connectivity index is 1.64. The highest BCUT2D eigenvalue weighted by molar-refractivity contribution is 6.11. The Morgan fingerprint density at radius 3 is 2.40 bits per heavy atom. The van der Waals surface area contributed by atoms with Crippen LogP contribution in [0.2, 0.25) is 0 Å². The molecule has 1 heteroatoms. The van der Waals surface area contributed by atoms with Crippen LogP contribution >= 0.6 is 0 Å². The highest BCUT2D eigenvalue weighted by Gasteiger charge is 2.36. The highest BCUT2D eigenvalue weighted by Crippen LogP contribution is 2.51. The van der Waals surface area contributed by atoms with Gasteiger partial charge in [-0.05, 0) is 69.1 Å². The van der Waals surface area contributed by atoms with Crippen molar-refractivity contribution < 1.29 is 0 Å². The molecule has 1 heterocycles. The van der Waals surface area contributed by atoms with Crippen LogP contribution in [-0.2, 0) is 5.41 Å². The summed E-state index contributed by atoms with van der Waals surface area (Å²) in [5.74, 6) is 0. The Labute approximate surface area is 177 Å². The number of aryl methyl sites for hydroxylation is 1. The molecule has 0 N–H and O–H groups in total. The maximum Gasteiger partial charge on any atom is 0.0780 e. The summed E-state index contributed by atoms with van der Waals surface area (Å²) in [6, 6.07) is 28.7. The zero-order valence-corrected chi connectivity index (χ0v) is 17.5. The number of fused-ring (bicyclic) bond motifs is 6. The second-order valence-corrected chi connectivity index (χ2v) is 8.93. The first-order chi connectivity index (χ1) is 14.6. The molecule has 1 aromatic heterocycles. The molecule has 0 saturated carbocycles. The Hall–Kier alpha value is -3.45. The zero-order chi connectivity index (χ0) is 20.5. The summed E-state index contributed by atoms with van der Waals surface area (Å²) < 4.78 is 0. The molecule has 0 unspecified atom stereocenters. The van der Waals surface area contributed by atoms with Crippen LogP contribution in [0.5, 0.6) is 0 Å². The molecule has 0 bridgehead atoms. The molecule has 30 heavy (non-hydrogen) atoms. The Bertz CT molecular complexity index is 1470. The smallest absolute Gasteiger partial charge is 0.0780 e. The van der Waals surface area contributed by atoms with Gasteiger partial charge in [0.2, 0.25) is 0 Å².